The lowest BCUT2D eigenvalue weighted by Crippen LogP contribution is -2.34. The van der Waals surface area contributed by atoms with E-state index in [1.165, 1.54) is 18.2 Å². The highest BCUT2D eigenvalue weighted by atomic mass is 19.1. The van der Waals surface area contributed by atoms with Crippen molar-refractivity contribution in [3.63, 3.8) is 0 Å². The third kappa shape index (κ3) is 4.62. The van der Waals surface area contributed by atoms with Crippen LogP contribution < -0.4 is 5.32 Å². The van der Waals surface area contributed by atoms with E-state index in [4.69, 9.17) is 5.11 Å². The Kier molecular flexibility index (Phi) is 4.68. The molecule has 0 atom stereocenters. The molecule has 0 saturated heterocycles. The van der Waals surface area contributed by atoms with Gasteiger partial charge >= 0.3 is 5.97 Å². The number of carboxylic acids is 1. The van der Waals surface area contributed by atoms with Gasteiger partial charge in [-0.1, -0.05) is 6.07 Å². The van der Waals surface area contributed by atoms with Gasteiger partial charge in [0.05, 0.1) is 6.54 Å². The number of hydrogen-bond donors (Lipinski definition) is 2. The molecule has 0 bridgehead atoms. The van der Waals surface area contributed by atoms with Gasteiger partial charge in [-0.2, -0.15) is 0 Å². The minimum Gasteiger partial charge on any atom is -0.480 e. The van der Waals surface area contributed by atoms with Gasteiger partial charge in [-0.05, 0) is 31.0 Å². The number of carboxylic acid groups (broad SMARTS) is 1. The Bertz CT molecular complexity index is 503. The van der Waals surface area contributed by atoms with E-state index in [0.717, 1.165) is 12.8 Å². The van der Waals surface area contributed by atoms with Crippen molar-refractivity contribution in [2.45, 2.75) is 25.3 Å². The number of anilines is 1. The zero-order valence-corrected chi connectivity index (χ0v) is 11.0. The second-order valence-corrected chi connectivity index (χ2v) is 4.90. The van der Waals surface area contributed by atoms with Crippen LogP contribution >= 0.6 is 0 Å². The Balaban J connectivity index is 1.80. The van der Waals surface area contributed by atoms with Crippen LogP contribution in [-0.4, -0.2) is 41.0 Å². The van der Waals surface area contributed by atoms with E-state index >= 15 is 0 Å². The molecule has 1 aromatic carbocycles. The summed E-state index contributed by atoms with van der Waals surface area (Å²) in [4.78, 5) is 24.3. The molecule has 5 nitrogen and oxygen atoms in total. The lowest BCUT2D eigenvalue weighted by Gasteiger charge is -2.19. The highest BCUT2D eigenvalue weighted by Crippen LogP contribution is 2.26. The summed E-state index contributed by atoms with van der Waals surface area (Å²) in [6.45, 7) is 0.357. The quantitative estimate of drug-likeness (QED) is 0.797. The van der Waals surface area contributed by atoms with E-state index in [-0.39, 0.29) is 24.9 Å². The van der Waals surface area contributed by atoms with Crippen LogP contribution in [0.25, 0.3) is 0 Å². The van der Waals surface area contributed by atoms with Crippen molar-refractivity contribution in [1.29, 1.82) is 0 Å². The minimum atomic E-state index is -0.887. The predicted molar refractivity (Wildman–Crippen MR) is 71.9 cm³/mol. The van der Waals surface area contributed by atoms with Gasteiger partial charge in [0.15, 0.2) is 0 Å². The van der Waals surface area contributed by atoms with Gasteiger partial charge in [0.1, 0.15) is 5.82 Å². The van der Waals surface area contributed by atoms with Gasteiger partial charge < -0.3 is 10.4 Å². The van der Waals surface area contributed by atoms with Crippen LogP contribution in [0.15, 0.2) is 24.3 Å². The molecule has 0 radical (unpaired) electrons. The largest absolute Gasteiger partial charge is 0.480 e. The van der Waals surface area contributed by atoms with Crippen LogP contribution in [0.5, 0.6) is 0 Å². The number of benzene rings is 1. The number of aliphatic carboxylic acids is 1. The van der Waals surface area contributed by atoms with Gasteiger partial charge in [0.25, 0.3) is 0 Å². The molecule has 1 aliphatic rings. The summed E-state index contributed by atoms with van der Waals surface area (Å²) in [5.74, 6) is -1.54. The molecule has 0 spiro atoms. The number of nitrogens with zero attached hydrogens (tertiary/aromatic N) is 1. The second kappa shape index (κ2) is 6.47. The van der Waals surface area contributed by atoms with Gasteiger partial charge in [-0.25, -0.2) is 4.39 Å². The molecule has 20 heavy (non-hydrogen) atoms. The van der Waals surface area contributed by atoms with Crippen LogP contribution in [-0.2, 0) is 9.59 Å². The molecular weight excluding hydrogens is 263 g/mol. The summed E-state index contributed by atoms with van der Waals surface area (Å²) in [6, 6.07) is 5.96. The van der Waals surface area contributed by atoms with Crippen molar-refractivity contribution in [1.82, 2.24) is 4.90 Å². The third-order valence-electron chi connectivity index (χ3n) is 3.14. The van der Waals surface area contributed by atoms with Crippen LogP contribution in [0.2, 0.25) is 0 Å². The standard InChI is InChI=1S/C14H17FN2O3/c15-10-2-1-3-11(8-10)16-13(18)6-7-17(9-14(19)20)12-4-5-12/h1-3,8,12H,4-7,9H2,(H,16,18)(H,19,20). The number of nitrogens with one attached hydrogen (secondary N) is 1. The fourth-order valence-corrected chi connectivity index (χ4v) is 2.04. The van der Waals surface area contributed by atoms with Crippen molar-refractivity contribution in [3.05, 3.63) is 30.1 Å². The molecule has 2 N–H and O–H groups in total. The zero-order valence-electron chi connectivity index (χ0n) is 11.0. The van der Waals surface area contributed by atoms with Gasteiger partial charge in [-0.15, -0.1) is 0 Å². The molecule has 0 heterocycles. The lowest BCUT2D eigenvalue weighted by atomic mass is 10.3. The Morgan fingerprint density at radius 2 is 2.15 bits per heavy atom. The molecular formula is C14H17FN2O3. The maximum Gasteiger partial charge on any atom is 0.317 e. The molecule has 1 aromatic rings. The molecule has 1 fully saturated rings. The molecule has 1 aliphatic carbocycles. The van der Waals surface area contributed by atoms with Crippen LogP contribution in [0.1, 0.15) is 19.3 Å². The Morgan fingerprint density at radius 3 is 2.75 bits per heavy atom. The number of carbonyl (C=O) groups excluding carboxylic acids is 1. The average Bonchev–Trinajstić information content (AvgIpc) is 3.18. The fourth-order valence-electron chi connectivity index (χ4n) is 2.04. The molecule has 0 aliphatic heterocycles. The Labute approximate surface area is 116 Å². The topological polar surface area (TPSA) is 69.6 Å². The summed E-state index contributed by atoms with van der Waals surface area (Å²) < 4.78 is 13.0. The number of amides is 1. The first-order chi connectivity index (χ1) is 9.54. The van der Waals surface area contributed by atoms with E-state index in [0.29, 0.717) is 12.2 Å². The number of hydrogen-bond acceptors (Lipinski definition) is 3. The number of halogens is 1. The minimum absolute atomic E-state index is 0.0437. The summed E-state index contributed by atoms with van der Waals surface area (Å²) in [7, 11) is 0. The van der Waals surface area contributed by atoms with Crippen molar-refractivity contribution in [2.24, 2.45) is 0 Å². The highest BCUT2D eigenvalue weighted by Gasteiger charge is 2.30. The monoisotopic (exact) mass is 280 g/mol. The van der Waals surface area contributed by atoms with Crippen molar-refractivity contribution >= 4 is 17.6 Å². The summed E-state index contributed by atoms with van der Waals surface area (Å²) in [6.07, 6.45) is 2.16. The number of rotatable bonds is 7. The highest BCUT2D eigenvalue weighted by molar-refractivity contribution is 5.90. The van der Waals surface area contributed by atoms with Gasteiger partial charge in [-0.3, -0.25) is 14.5 Å². The third-order valence-corrected chi connectivity index (χ3v) is 3.14. The van der Waals surface area contributed by atoms with E-state index in [1.54, 1.807) is 11.0 Å². The average molecular weight is 280 g/mol. The van der Waals surface area contributed by atoms with Crippen molar-refractivity contribution in [3.8, 4) is 0 Å². The van der Waals surface area contributed by atoms with E-state index in [2.05, 4.69) is 5.32 Å². The Morgan fingerprint density at radius 1 is 1.40 bits per heavy atom. The van der Waals surface area contributed by atoms with E-state index in [1.807, 2.05) is 0 Å². The molecule has 0 unspecified atom stereocenters. The Hall–Kier alpha value is -1.95. The molecule has 108 valence electrons. The summed E-state index contributed by atoms with van der Waals surface area (Å²) in [5.41, 5.74) is 0.409. The molecule has 1 amide bonds. The van der Waals surface area contributed by atoms with Crippen LogP contribution in [0, 0.1) is 5.82 Å². The fraction of sp³-hybridized carbons (Fsp3) is 0.429. The second-order valence-electron chi connectivity index (χ2n) is 4.90. The SMILES string of the molecule is O=C(O)CN(CCC(=O)Nc1cccc(F)c1)C1CC1. The lowest BCUT2D eigenvalue weighted by molar-refractivity contribution is -0.138. The predicted octanol–water partition coefficient (Wildman–Crippen LogP) is 1.70. The number of carbonyl (C=O) groups is 2. The molecule has 6 heteroatoms. The molecule has 0 aromatic heterocycles. The summed E-state index contributed by atoms with van der Waals surface area (Å²) in [5, 5.41) is 11.4. The van der Waals surface area contributed by atoms with Crippen LogP contribution in [0.4, 0.5) is 10.1 Å². The van der Waals surface area contributed by atoms with Crippen LogP contribution in [0.3, 0.4) is 0 Å². The van der Waals surface area contributed by atoms with Gasteiger partial charge in [0, 0.05) is 24.7 Å². The zero-order chi connectivity index (χ0) is 14.5. The first-order valence-electron chi connectivity index (χ1n) is 6.56. The maximum absolute atomic E-state index is 13.0. The first kappa shape index (κ1) is 14.5. The van der Waals surface area contributed by atoms with E-state index in [9.17, 15) is 14.0 Å². The maximum atomic E-state index is 13.0. The molecule has 1 saturated carbocycles. The van der Waals surface area contributed by atoms with E-state index < -0.39 is 11.8 Å². The van der Waals surface area contributed by atoms with Crippen molar-refractivity contribution in [2.75, 3.05) is 18.4 Å². The summed E-state index contributed by atoms with van der Waals surface area (Å²) >= 11 is 0. The first-order valence-corrected chi connectivity index (χ1v) is 6.56. The molecule has 2 rings (SSSR count). The smallest absolute Gasteiger partial charge is 0.317 e. The van der Waals surface area contributed by atoms with Gasteiger partial charge in [0.2, 0.25) is 5.91 Å². The normalized spacial score (nSPS) is 14.3. The van der Waals surface area contributed by atoms with Crippen molar-refractivity contribution < 1.29 is 19.1 Å².